The Hall–Kier alpha value is -1.83. The second-order valence-corrected chi connectivity index (χ2v) is 11.6. The Labute approximate surface area is 213 Å². The van der Waals surface area contributed by atoms with Gasteiger partial charge >= 0.3 is 5.97 Å². The molecular weight excluding hydrogens is 460 g/mol. The molecule has 3 atom stereocenters. The number of aliphatic hydroxyl groups excluding tert-OH is 1. The van der Waals surface area contributed by atoms with E-state index in [1.54, 1.807) is 13.3 Å². The Bertz CT molecular complexity index is 965. The lowest BCUT2D eigenvalue weighted by Crippen LogP contribution is -2.42. The summed E-state index contributed by atoms with van der Waals surface area (Å²) in [6.07, 6.45) is 10.6. The minimum Gasteiger partial charge on any atom is -0.497 e. The number of hydrogen-bond acceptors (Lipinski definition) is 6. The summed E-state index contributed by atoms with van der Waals surface area (Å²) in [6, 6.07) is 7.60. The van der Waals surface area contributed by atoms with Gasteiger partial charge in [0.25, 0.3) is 0 Å². The molecule has 35 heavy (non-hydrogen) atoms. The molecule has 2 heterocycles. The molecule has 0 radical (unpaired) electrons. The van der Waals surface area contributed by atoms with Crippen molar-refractivity contribution in [2.45, 2.75) is 69.1 Å². The predicted molar refractivity (Wildman–Crippen MR) is 142 cm³/mol. The minimum atomic E-state index is -0.716. The van der Waals surface area contributed by atoms with Gasteiger partial charge in [0.2, 0.25) is 0 Å². The molecule has 0 bridgehead atoms. The van der Waals surface area contributed by atoms with Crippen molar-refractivity contribution in [2.75, 3.05) is 32.5 Å². The number of aliphatic hydroxyl groups is 1. The Morgan fingerprint density at radius 1 is 1.20 bits per heavy atom. The Kier molecular flexibility index (Phi) is 9.69. The van der Waals surface area contributed by atoms with Gasteiger partial charge in [-0.2, -0.15) is 11.8 Å². The number of methoxy groups -OCH3 is 1. The van der Waals surface area contributed by atoms with Gasteiger partial charge in [0, 0.05) is 42.1 Å². The fourth-order valence-corrected chi connectivity index (χ4v) is 7.23. The van der Waals surface area contributed by atoms with E-state index in [1.807, 2.05) is 24.3 Å². The van der Waals surface area contributed by atoms with Crippen LogP contribution in [0.3, 0.4) is 0 Å². The summed E-state index contributed by atoms with van der Waals surface area (Å²) in [7, 11) is 1.64. The van der Waals surface area contributed by atoms with Gasteiger partial charge in [0.15, 0.2) is 0 Å². The van der Waals surface area contributed by atoms with E-state index in [4.69, 9.17) is 4.74 Å². The monoisotopic (exact) mass is 500 g/mol. The number of carboxylic acids is 1. The summed E-state index contributed by atoms with van der Waals surface area (Å²) in [4.78, 5) is 18.5. The maximum atomic E-state index is 11.6. The van der Waals surface area contributed by atoms with E-state index >= 15 is 0 Å². The van der Waals surface area contributed by atoms with Crippen LogP contribution in [0.25, 0.3) is 10.9 Å². The Morgan fingerprint density at radius 2 is 2.03 bits per heavy atom. The quantitative estimate of drug-likeness (QED) is 0.419. The molecule has 1 saturated carbocycles. The van der Waals surface area contributed by atoms with E-state index in [2.05, 4.69) is 21.6 Å². The molecule has 2 fully saturated rings. The molecule has 1 saturated heterocycles. The molecule has 2 N–H and O–H groups in total. The second kappa shape index (κ2) is 12.9. The van der Waals surface area contributed by atoms with Gasteiger partial charge in [-0.3, -0.25) is 9.78 Å². The summed E-state index contributed by atoms with van der Waals surface area (Å²) in [5.74, 6) is 1.64. The van der Waals surface area contributed by atoms with Crippen LogP contribution in [-0.4, -0.2) is 63.8 Å². The first-order valence-electron chi connectivity index (χ1n) is 13.2. The van der Waals surface area contributed by atoms with Crippen molar-refractivity contribution in [1.82, 2.24) is 9.88 Å². The Balaban J connectivity index is 1.32. The number of aromatic nitrogens is 1. The maximum Gasteiger partial charge on any atom is 0.303 e. The van der Waals surface area contributed by atoms with Crippen molar-refractivity contribution >= 4 is 28.6 Å². The molecule has 4 rings (SSSR count). The lowest BCUT2D eigenvalue weighted by molar-refractivity contribution is -0.139. The molecule has 0 spiro atoms. The number of fused-ring (bicyclic) bond motifs is 1. The maximum absolute atomic E-state index is 11.6. The first-order chi connectivity index (χ1) is 17.0. The SMILES string of the molecule is COc1ccc2nccc([C@H](O)CC[C@@H]3CCN(CCSC4CCCCC4)C[C@@H]3CC(=O)O)c2c1. The van der Waals surface area contributed by atoms with Crippen LogP contribution in [0.2, 0.25) is 0 Å². The molecule has 1 aliphatic heterocycles. The third-order valence-electron chi connectivity index (χ3n) is 7.88. The Morgan fingerprint density at radius 3 is 2.80 bits per heavy atom. The minimum absolute atomic E-state index is 0.141. The van der Waals surface area contributed by atoms with Crippen molar-refractivity contribution in [3.63, 3.8) is 0 Å². The third-order valence-corrected chi connectivity index (χ3v) is 9.24. The zero-order chi connectivity index (χ0) is 24.6. The number of thioether (sulfide) groups is 1. The average Bonchev–Trinajstić information content (AvgIpc) is 2.87. The number of ether oxygens (including phenoxy) is 1. The fourth-order valence-electron chi connectivity index (χ4n) is 5.87. The normalized spacial score (nSPS) is 22.8. The molecule has 0 amide bonds. The van der Waals surface area contributed by atoms with Gasteiger partial charge in [-0.25, -0.2) is 0 Å². The third kappa shape index (κ3) is 7.34. The topological polar surface area (TPSA) is 82.9 Å². The molecule has 6 nitrogen and oxygen atoms in total. The highest BCUT2D eigenvalue weighted by Crippen LogP contribution is 2.35. The molecule has 2 aliphatic rings. The van der Waals surface area contributed by atoms with Gasteiger partial charge in [-0.1, -0.05) is 19.3 Å². The first kappa shape index (κ1) is 26.2. The number of rotatable bonds is 11. The number of carboxylic acid groups (broad SMARTS) is 1. The fraction of sp³-hybridized carbons (Fsp3) is 0.643. The molecular formula is C28H40N2O4S. The molecule has 7 heteroatoms. The summed E-state index contributed by atoms with van der Waals surface area (Å²) in [5, 5.41) is 22.4. The average molecular weight is 501 g/mol. The van der Waals surface area contributed by atoms with Crippen LogP contribution < -0.4 is 4.74 Å². The van der Waals surface area contributed by atoms with Gasteiger partial charge in [0.1, 0.15) is 5.75 Å². The summed E-state index contributed by atoms with van der Waals surface area (Å²) in [6.45, 7) is 2.93. The largest absolute Gasteiger partial charge is 0.497 e. The predicted octanol–water partition coefficient (Wildman–Crippen LogP) is 5.54. The smallest absolute Gasteiger partial charge is 0.303 e. The number of likely N-dealkylation sites (tertiary alicyclic amines) is 1. The number of piperidine rings is 1. The number of pyridine rings is 1. The van der Waals surface area contributed by atoms with Crippen LogP contribution in [0.1, 0.15) is 69.5 Å². The van der Waals surface area contributed by atoms with Gasteiger partial charge in [0.05, 0.1) is 18.7 Å². The van der Waals surface area contributed by atoms with E-state index in [9.17, 15) is 15.0 Å². The molecule has 1 aromatic heterocycles. The number of hydrogen-bond donors (Lipinski definition) is 2. The van der Waals surface area contributed by atoms with E-state index < -0.39 is 12.1 Å². The van der Waals surface area contributed by atoms with Crippen molar-refractivity contribution in [3.05, 3.63) is 36.0 Å². The van der Waals surface area contributed by atoms with Crippen LogP contribution >= 0.6 is 11.8 Å². The standard InChI is InChI=1S/C28H40N2O4S/c1-34-22-8-9-26-25(18-22)24(11-13-29-26)27(31)10-7-20-12-14-30(19-21(20)17-28(32)33)15-16-35-23-5-3-2-4-6-23/h8-9,11,13,18,20-21,23,27,31H,2-7,10,12,14-17,19H2,1H3,(H,32,33)/t20-,21+,27-/m1/s1. The first-order valence-corrected chi connectivity index (χ1v) is 14.2. The van der Waals surface area contributed by atoms with Crippen LogP contribution in [0.15, 0.2) is 30.5 Å². The van der Waals surface area contributed by atoms with Gasteiger partial charge in [-0.05, 0) is 80.3 Å². The number of nitrogens with zero attached hydrogens (tertiary/aromatic N) is 2. The lowest BCUT2D eigenvalue weighted by atomic mass is 9.79. The lowest BCUT2D eigenvalue weighted by Gasteiger charge is -2.38. The van der Waals surface area contributed by atoms with E-state index in [0.717, 1.165) is 65.7 Å². The van der Waals surface area contributed by atoms with Crippen molar-refractivity contribution < 1.29 is 19.7 Å². The summed E-state index contributed by atoms with van der Waals surface area (Å²) in [5.41, 5.74) is 1.70. The van der Waals surface area contributed by atoms with Crippen molar-refractivity contribution in [3.8, 4) is 5.75 Å². The van der Waals surface area contributed by atoms with Gasteiger partial charge in [-0.15, -0.1) is 0 Å². The van der Waals surface area contributed by atoms with E-state index in [0.29, 0.717) is 12.3 Å². The molecule has 1 aromatic carbocycles. The van der Waals surface area contributed by atoms with Crippen LogP contribution in [0.5, 0.6) is 5.75 Å². The van der Waals surface area contributed by atoms with Crippen LogP contribution in [-0.2, 0) is 4.79 Å². The molecule has 1 aliphatic carbocycles. The van der Waals surface area contributed by atoms with Crippen molar-refractivity contribution in [2.24, 2.45) is 11.8 Å². The van der Waals surface area contributed by atoms with Crippen LogP contribution in [0, 0.1) is 11.8 Å². The number of benzene rings is 1. The van der Waals surface area contributed by atoms with E-state index in [1.165, 1.54) is 32.1 Å². The molecule has 192 valence electrons. The van der Waals surface area contributed by atoms with Crippen molar-refractivity contribution in [1.29, 1.82) is 0 Å². The zero-order valence-corrected chi connectivity index (χ0v) is 21.7. The summed E-state index contributed by atoms with van der Waals surface area (Å²) >= 11 is 2.12. The molecule has 0 unspecified atom stereocenters. The number of aliphatic carboxylic acids is 1. The highest BCUT2D eigenvalue weighted by Gasteiger charge is 2.31. The summed E-state index contributed by atoms with van der Waals surface area (Å²) < 4.78 is 5.36. The molecule has 2 aromatic rings. The highest BCUT2D eigenvalue weighted by molar-refractivity contribution is 7.99. The highest BCUT2D eigenvalue weighted by atomic mass is 32.2. The zero-order valence-electron chi connectivity index (χ0n) is 20.9. The van der Waals surface area contributed by atoms with Gasteiger partial charge < -0.3 is 19.8 Å². The number of carbonyl (C=O) groups is 1. The second-order valence-electron chi connectivity index (χ2n) is 10.2. The van der Waals surface area contributed by atoms with Crippen LogP contribution in [0.4, 0.5) is 0 Å². The van der Waals surface area contributed by atoms with E-state index in [-0.39, 0.29) is 12.3 Å².